The van der Waals surface area contributed by atoms with Gasteiger partial charge in [-0.2, -0.15) is 0 Å². The highest BCUT2D eigenvalue weighted by atomic mass is 32.1. The van der Waals surface area contributed by atoms with Crippen LogP contribution in [0.5, 0.6) is 5.75 Å². The lowest BCUT2D eigenvalue weighted by Gasteiger charge is -2.36. The first-order valence-corrected chi connectivity index (χ1v) is 10.4. The number of fused-ring (bicyclic) bond motifs is 2. The lowest BCUT2D eigenvalue weighted by Crippen LogP contribution is -2.43. The van der Waals surface area contributed by atoms with Gasteiger partial charge in [0.15, 0.2) is 17.2 Å². The van der Waals surface area contributed by atoms with Gasteiger partial charge in [0.1, 0.15) is 11.9 Å². The van der Waals surface area contributed by atoms with Crippen LogP contribution in [-0.2, 0) is 10.3 Å². The van der Waals surface area contributed by atoms with Crippen molar-refractivity contribution in [2.24, 2.45) is 10.7 Å². The molecule has 7 heteroatoms. The summed E-state index contributed by atoms with van der Waals surface area (Å²) < 4.78 is 6.30. The number of guanidine groups is 1. The normalized spacial score (nSPS) is 22.4. The number of hydrogen-bond acceptors (Lipinski definition) is 5. The first-order chi connectivity index (χ1) is 14.5. The Morgan fingerprint density at radius 2 is 2.07 bits per heavy atom. The highest BCUT2D eigenvalue weighted by Gasteiger charge is 2.53. The van der Waals surface area contributed by atoms with Gasteiger partial charge in [0.25, 0.3) is 5.91 Å². The Balaban J connectivity index is 1.68. The fraction of sp³-hybridized carbons (Fsp3) is 0.174. The molecule has 0 aliphatic carbocycles. The molecule has 2 N–H and O–H groups in total. The fourth-order valence-electron chi connectivity index (χ4n) is 4.11. The van der Waals surface area contributed by atoms with E-state index in [9.17, 15) is 4.79 Å². The molecule has 2 atom stereocenters. The molecule has 0 unspecified atom stereocenters. The van der Waals surface area contributed by atoms with Gasteiger partial charge in [-0.25, -0.2) is 9.84 Å². The van der Waals surface area contributed by atoms with Crippen molar-refractivity contribution in [2.45, 2.75) is 18.1 Å². The van der Waals surface area contributed by atoms with Crippen LogP contribution in [0, 0.1) is 6.57 Å². The smallest absolute Gasteiger partial charge is 0.261 e. The summed E-state index contributed by atoms with van der Waals surface area (Å²) in [5.41, 5.74) is 8.02. The molecule has 0 saturated carbocycles. The highest BCUT2D eigenvalue weighted by molar-refractivity contribution is 7.10. The number of likely N-dealkylation sites (N-methyl/N-ethyl adjacent to an activating group) is 1. The summed E-state index contributed by atoms with van der Waals surface area (Å²) >= 11 is 1.60. The second-order valence-electron chi connectivity index (χ2n) is 7.39. The van der Waals surface area contributed by atoms with E-state index in [-0.39, 0.29) is 18.0 Å². The van der Waals surface area contributed by atoms with Gasteiger partial charge in [0, 0.05) is 23.9 Å². The summed E-state index contributed by atoms with van der Waals surface area (Å²) in [4.78, 5) is 24.0. The van der Waals surface area contributed by atoms with Crippen molar-refractivity contribution >= 4 is 28.9 Å². The van der Waals surface area contributed by atoms with Crippen LogP contribution in [0.1, 0.15) is 23.0 Å². The number of nitrogens with zero attached hydrogens (tertiary/aromatic N) is 3. The molecular weight excluding hydrogens is 396 g/mol. The van der Waals surface area contributed by atoms with Gasteiger partial charge in [-0.05, 0) is 40.8 Å². The third kappa shape index (κ3) is 2.69. The molecule has 1 amide bonds. The Morgan fingerprint density at radius 3 is 2.77 bits per heavy atom. The number of carbonyl (C=O) groups excluding carboxylic acids is 1. The Hall–Kier alpha value is -3.63. The van der Waals surface area contributed by atoms with Gasteiger partial charge in [0.2, 0.25) is 0 Å². The van der Waals surface area contributed by atoms with E-state index in [4.69, 9.17) is 17.0 Å². The van der Waals surface area contributed by atoms with Crippen LogP contribution in [0.25, 0.3) is 16.0 Å². The Labute approximate surface area is 178 Å². The van der Waals surface area contributed by atoms with Crippen LogP contribution < -0.4 is 10.5 Å². The number of rotatable bonds is 2. The minimum atomic E-state index is -1.12. The van der Waals surface area contributed by atoms with E-state index in [1.807, 2.05) is 53.9 Å². The average molecular weight is 414 g/mol. The number of aliphatic imine (C=N–C) groups is 1. The second kappa shape index (κ2) is 6.71. The standard InChI is InChI=1S/C23H18N4O2S/c1-25-16-6-3-5-14(11-16)15-8-9-18-17(12-15)23(21(28)27(2)22(24)26-23)13-19(29-18)20-7-4-10-30-20/h3-12,19H,13H2,2H3,(H2,24,26)/t19-,23+/m1/s1. The summed E-state index contributed by atoms with van der Waals surface area (Å²) in [6.07, 6.45) is 0.108. The minimum Gasteiger partial charge on any atom is -0.484 e. The summed E-state index contributed by atoms with van der Waals surface area (Å²) in [6, 6.07) is 17.2. The van der Waals surface area contributed by atoms with Gasteiger partial charge in [0.05, 0.1) is 6.57 Å². The van der Waals surface area contributed by atoms with Crippen molar-refractivity contribution in [3.8, 4) is 16.9 Å². The zero-order chi connectivity index (χ0) is 20.9. The third-order valence-corrected chi connectivity index (χ3v) is 6.62. The molecule has 2 aromatic carbocycles. The molecule has 2 aliphatic rings. The molecule has 6 nitrogen and oxygen atoms in total. The molecular formula is C23H18N4O2S. The lowest BCUT2D eigenvalue weighted by atomic mass is 9.80. The molecule has 1 spiro atoms. The van der Waals surface area contributed by atoms with Crippen LogP contribution in [0.4, 0.5) is 5.69 Å². The van der Waals surface area contributed by atoms with Crippen molar-refractivity contribution in [2.75, 3.05) is 7.05 Å². The average Bonchev–Trinajstić information content (AvgIpc) is 3.38. The van der Waals surface area contributed by atoms with E-state index in [0.717, 1.165) is 16.0 Å². The molecule has 148 valence electrons. The molecule has 0 radical (unpaired) electrons. The van der Waals surface area contributed by atoms with Gasteiger partial charge < -0.3 is 10.5 Å². The topological polar surface area (TPSA) is 72.3 Å². The first kappa shape index (κ1) is 18.4. The van der Waals surface area contributed by atoms with Gasteiger partial charge in [-0.1, -0.05) is 30.3 Å². The zero-order valence-electron chi connectivity index (χ0n) is 16.2. The molecule has 0 saturated heterocycles. The number of amides is 1. The SMILES string of the molecule is [C-]#[N+]c1cccc(-c2ccc3c(c2)[C@]2(C[C@H](c4cccs4)O3)N=C(N)N(C)C2=O)c1. The number of nitrogens with two attached hydrogens (primary N) is 1. The van der Waals surface area contributed by atoms with Crippen molar-refractivity contribution in [1.82, 2.24) is 4.90 Å². The van der Waals surface area contributed by atoms with Crippen molar-refractivity contribution < 1.29 is 9.53 Å². The van der Waals surface area contributed by atoms with Crippen LogP contribution in [0.3, 0.4) is 0 Å². The molecule has 30 heavy (non-hydrogen) atoms. The Kier molecular flexibility index (Phi) is 4.12. The fourth-order valence-corrected chi connectivity index (χ4v) is 4.86. The maximum atomic E-state index is 13.4. The second-order valence-corrected chi connectivity index (χ2v) is 8.37. The zero-order valence-corrected chi connectivity index (χ0v) is 17.0. The quantitative estimate of drug-likeness (QED) is 0.629. The van der Waals surface area contributed by atoms with E-state index in [0.29, 0.717) is 23.4 Å². The molecule has 5 rings (SSSR count). The van der Waals surface area contributed by atoms with E-state index in [1.165, 1.54) is 4.90 Å². The van der Waals surface area contributed by atoms with Gasteiger partial charge in [-0.3, -0.25) is 9.69 Å². The third-order valence-electron chi connectivity index (χ3n) is 5.65. The van der Waals surface area contributed by atoms with Crippen molar-refractivity contribution in [1.29, 1.82) is 0 Å². The summed E-state index contributed by atoms with van der Waals surface area (Å²) in [5, 5.41) is 1.99. The summed E-state index contributed by atoms with van der Waals surface area (Å²) in [5.74, 6) is 0.682. The van der Waals surface area contributed by atoms with E-state index >= 15 is 0 Å². The summed E-state index contributed by atoms with van der Waals surface area (Å²) in [7, 11) is 1.65. The molecule has 0 fully saturated rings. The van der Waals surface area contributed by atoms with Gasteiger partial charge >= 0.3 is 0 Å². The minimum absolute atomic E-state index is 0.154. The monoisotopic (exact) mass is 414 g/mol. The molecule has 2 aliphatic heterocycles. The van der Waals surface area contributed by atoms with Crippen LogP contribution >= 0.6 is 11.3 Å². The predicted octanol–water partition coefficient (Wildman–Crippen LogP) is 4.47. The Morgan fingerprint density at radius 1 is 1.23 bits per heavy atom. The highest BCUT2D eigenvalue weighted by Crippen LogP contribution is 2.51. The van der Waals surface area contributed by atoms with Crippen molar-refractivity contribution in [3.05, 3.63) is 81.8 Å². The van der Waals surface area contributed by atoms with E-state index in [1.54, 1.807) is 24.5 Å². The van der Waals surface area contributed by atoms with E-state index < -0.39 is 5.54 Å². The number of benzene rings is 2. The van der Waals surface area contributed by atoms with Gasteiger partial charge in [-0.15, -0.1) is 11.3 Å². The lowest BCUT2D eigenvalue weighted by molar-refractivity contribution is -0.132. The molecule has 0 bridgehead atoms. The van der Waals surface area contributed by atoms with Crippen molar-refractivity contribution in [3.63, 3.8) is 0 Å². The summed E-state index contributed by atoms with van der Waals surface area (Å²) in [6.45, 7) is 7.27. The molecule has 1 aromatic heterocycles. The largest absolute Gasteiger partial charge is 0.484 e. The maximum absolute atomic E-state index is 13.4. The molecule has 3 heterocycles. The number of ether oxygens (including phenoxy) is 1. The Bertz CT molecular complexity index is 1230. The number of carbonyl (C=O) groups is 1. The van der Waals surface area contributed by atoms with Crippen LogP contribution in [0.15, 0.2) is 65.0 Å². The number of thiophene rings is 1. The van der Waals surface area contributed by atoms with Crippen LogP contribution in [-0.4, -0.2) is 23.8 Å². The molecule has 3 aromatic rings. The van der Waals surface area contributed by atoms with E-state index in [2.05, 4.69) is 9.84 Å². The number of hydrogen-bond donors (Lipinski definition) is 1. The predicted molar refractivity (Wildman–Crippen MR) is 117 cm³/mol. The van der Waals surface area contributed by atoms with Crippen LogP contribution in [0.2, 0.25) is 0 Å². The first-order valence-electron chi connectivity index (χ1n) is 9.48. The maximum Gasteiger partial charge on any atom is 0.261 e.